The molecule has 9 heavy (non-hydrogen) atoms. The molecule has 0 bridgehead atoms. The van der Waals surface area contributed by atoms with Crippen molar-refractivity contribution in [1.29, 1.82) is 0 Å². The molecule has 0 aromatic rings. The molecule has 0 fully saturated rings. The molecule has 0 radical (unpaired) electrons. The van der Waals surface area contributed by atoms with Crippen molar-refractivity contribution in [3.05, 3.63) is 6.67 Å². The predicted octanol–water partition coefficient (Wildman–Crippen LogP) is 1.15. The first-order valence-electron chi connectivity index (χ1n) is 2.26. The average molecular weight is 119 g/mol. The van der Waals surface area contributed by atoms with Crippen molar-refractivity contribution >= 4 is 0 Å². The second-order valence-electron chi connectivity index (χ2n) is 1.00. The molecule has 0 unspecified atom stereocenters. The third-order valence-electron chi connectivity index (χ3n) is 0.439. The summed E-state index contributed by atoms with van der Waals surface area (Å²) in [5, 5.41) is 0. The second kappa shape index (κ2) is 6.48. The first-order valence-corrected chi connectivity index (χ1v) is 2.26. The van der Waals surface area contributed by atoms with Crippen molar-refractivity contribution in [1.82, 2.24) is 0 Å². The van der Waals surface area contributed by atoms with Crippen molar-refractivity contribution in [2.45, 2.75) is 6.92 Å². The normalized spacial score (nSPS) is 4.22. The SMILES string of the molecule is CC#CC#CC#C[CH-]F. The van der Waals surface area contributed by atoms with Gasteiger partial charge in [0, 0.05) is 0 Å². The Labute approximate surface area is 54.5 Å². The van der Waals surface area contributed by atoms with Crippen LogP contribution in [0.25, 0.3) is 0 Å². The minimum atomic E-state index is 0.244. The van der Waals surface area contributed by atoms with Gasteiger partial charge < -0.3 is 4.39 Å². The van der Waals surface area contributed by atoms with Crippen LogP contribution in [0.15, 0.2) is 0 Å². The zero-order valence-electron chi connectivity index (χ0n) is 4.96. The van der Waals surface area contributed by atoms with Gasteiger partial charge in [0.25, 0.3) is 0 Å². The maximum atomic E-state index is 11.1. The first kappa shape index (κ1) is 7.48. The van der Waals surface area contributed by atoms with Crippen LogP contribution in [0.4, 0.5) is 4.39 Å². The highest BCUT2D eigenvalue weighted by molar-refractivity contribution is 5.35. The molecule has 0 saturated heterocycles. The van der Waals surface area contributed by atoms with Gasteiger partial charge in [-0.05, 0) is 25.4 Å². The summed E-state index contributed by atoms with van der Waals surface area (Å²) in [5.74, 6) is 14.0. The summed E-state index contributed by atoms with van der Waals surface area (Å²) >= 11 is 0. The molecular formula is C8H4F-. The molecule has 0 amide bonds. The fourth-order valence-corrected chi connectivity index (χ4v) is 0.188. The van der Waals surface area contributed by atoms with Crippen LogP contribution in [0, 0.1) is 42.2 Å². The van der Waals surface area contributed by atoms with E-state index in [-0.39, 0.29) is 6.67 Å². The molecular weight excluding hydrogens is 115 g/mol. The summed E-state index contributed by atoms with van der Waals surface area (Å²) in [6, 6.07) is 0. The fourth-order valence-electron chi connectivity index (χ4n) is 0.188. The lowest BCUT2D eigenvalue weighted by molar-refractivity contribution is 0.665. The largest absolute Gasteiger partial charge is 0.319 e. The molecule has 0 spiro atoms. The molecule has 0 aliphatic carbocycles. The highest BCUT2D eigenvalue weighted by atomic mass is 19.1. The lowest BCUT2D eigenvalue weighted by Crippen LogP contribution is -1.52. The van der Waals surface area contributed by atoms with Crippen LogP contribution in [0.5, 0.6) is 0 Å². The van der Waals surface area contributed by atoms with E-state index in [1.807, 2.05) is 5.92 Å². The van der Waals surface area contributed by atoms with Gasteiger partial charge in [-0.25, -0.2) is 11.8 Å². The third-order valence-corrected chi connectivity index (χ3v) is 0.439. The van der Waals surface area contributed by atoms with E-state index in [1.54, 1.807) is 6.92 Å². The van der Waals surface area contributed by atoms with Gasteiger partial charge >= 0.3 is 0 Å². The monoisotopic (exact) mass is 119 g/mol. The Balaban J connectivity index is 3.71. The van der Waals surface area contributed by atoms with E-state index < -0.39 is 0 Å². The van der Waals surface area contributed by atoms with Gasteiger partial charge in [0.15, 0.2) is 0 Å². The molecule has 0 heterocycles. The quantitative estimate of drug-likeness (QED) is 0.331. The van der Waals surface area contributed by atoms with Gasteiger partial charge in [0.1, 0.15) is 0 Å². The lowest BCUT2D eigenvalue weighted by Gasteiger charge is -1.73. The minimum absolute atomic E-state index is 0.244. The molecule has 0 aliphatic heterocycles. The Morgan fingerprint density at radius 3 is 2.33 bits per heavy atom. The first-order chi connectivity index (χ1) is 4.41. The molecule has 0 aromatic heterocycles. The van der Waals surface area contributed by atoms with E-state index in [2.05, 4.69) is 29.6 Å². The van der Waals surface area contributed by atoms with Crippen LogP contribution in [0.2, 0.25) is 0 Å². The van der Waals surface area contributed by atoms with Crippen LogP contribution in [0.1, 0.15) is 6.92 Å². The number of rotatable bonds is 0. The molecule has 0 aliphatic rings. The molecule has 1 heteroatoms. The Morgan fingerprint density at radius 1 is 1.11 bits per heavy atom. The predicted molar refractivity (Wildman–Crippen MR) is 34.4 cm³/mol. The summed E-state index contributed by atoms with van der Waals surface area (Å²) in [7, 11) is 0. The summed E-state index contributed by atoms with van der Waals surface area (Å²) in [4.78, 5) is 0. The van der Waals surface area contributed by atoms with Gasteiger partial charge in [-0.1, -0.05) is 5.92 Å². The Kier molecular flexibility index (Phi) is 5.39. The molecule has 0 rings (SSSR count). The van der Waals surface area contributed by atoms with Crippen LogP contribution < -0.4 is 0 Å². The van der Waals surface area contributed by atoms with E-state index >= 15 is 0 Å². The second-order valence-corrected chi connectivity index (χ2v) is 1.00. The van der Waals surface area contributed by atoms with E-state index in [0.29, 0.717) is 0 Å². The van der Waals surface area contributed by atoms with Gasteiger partial charge in [0.05, 0.1) is 0 Å². The maximum Gasteiger partial charge on any atom is -0.00168 e. The third kappa shape index (κ3) is 6.48. The standard InChI is InChI=1S/C8H4F/c1-2-3-4-5-6-7-8-9/h8H,1H3/q-1. The van der Waals surface area contributed by atoms with E-state index in [9.17, 15) is 4.39 Å². The Hall–Kier alpha value is -1.52. The summed E-state index contributed by atoms with van der Waals surface area (Å²) in [6.07, 6.45) is 0. The van der Waals surface area contributed by atoms with Gasteiger partial charge in [0.2, 0.25) is 0 Å². The van der Waals surface area contributed by atoms with Crippen LogP contribution in [-0.2, 0) is 0 Å². The molecule has 0 saturated carbocycles. The summed E-state index contributed by atoms with van der Waals surface area (Å²) in [5.41, 5.74) is 0. The van der Waals surface area contributed by atoms with Crippen molar-refractivity contribution in [2.75, 3.05) is 0 Å². The highest BCUT2D eigenvalue weighted by Gasteiger charge is 1.44. The lowest BCUT2D eigenvalue weighted by atomic mass is 10.5. The van der Waals surface area contributed by atoms with E-state index in [0.717, 1.165) is 0 Å². The summed E-state index contributed by atoms with van der Waals surface area (Å²) < 4.78 is 11.1. The molecule has 0 aromatic carbocycles. The van der Waals surface area contributed by atoms with Crippen molar-refractivity contribution < 1.29 is 4.39 Å². The smallest absolute Gasteiger partial charge is 0.00168 e. The number of halogens is 1. The zero-order valence-corrected chi connectivity index (χ0v) is 4.96. The zero-order chi connectivity index (χ0) is 6.95. The van der Waals surface area contributed by atoms with Crippen molar-refractivity contribution in [3.8, 4) is 35.5 Å². The van der Waals surface area contributed by atoms with E-state index in [4.69, 9.17) is 0 Å². The Bertz CT molecular complexity index is 231. The Morgan fingerprint density at radius 2 is 1.78 bits per heavy atom. The van der Waals surface area contributed by atoms with Gasteiger partial charge in [-0.3, -0.25) is 0 Å². The van der Waals surface area contributed by atoms with Crippen LogP contribution in [0.3, 0.4) is 0 Å². The fraction of sp³-hybridized carbons (Fsp3) is 0.125. The van der Waals surface area contributed by atoms with Gasteiger partial charge in [-0.2, -0.15) is 0 Å². The van der Waals surface area contributed by atoms with Gasteiger partial charge in [-0.15, -0.1) is 5.92 Å². The van der Waals surface area contributed by atoms with Crippen LogP contribution in [-0.4, -0.2) is 0 Å². The number of hydrogen-bond acceptors (Lipinski definition) is 0. The number of hydrogen-bond donors (Lipinski definition) is 0. The van der Waals surface area contributed by atoms with Crippen molar-refractivity contribution in [2.24, 2.45) is 0 Å². The topological polar surface area (TPSA) is 0 Å². The molecule has 0 atom stereocenters. The van der Waals surface area contributed by atoms with E-state index in [1.165, 1.54) is 0 Å². The minimum Gasteiger partial charge on any atom is -0.319 e. The molecule has 0 nitrogen and oxygen atoms in total. The van der Waals surface area contributed by atoms with Crippen LogP contribution >= 0.6 is 0 Å². The average Bonchev–Trinajstić information content (AvgIpc) is 1.89. The molecule has 0 N–H and O–H groups in total. The maximum absolute atomic E-state index is 11.1. The molecule has 44 valence electrons. The van der Waals surface area contributed by atoms with Crippen molar-refractivity contribution in [3.63, 3.8) is 0 Å². The highest BCUT2D eigenvalue weighted by Crippen LogP contribution is 1.67. The summed E-state index contributed by atoms with van der Waals surface area (Å²) in [6.45, 7) is 1.91.